The molecule has 5 heteroatoms. The molecular formula is C17H10Cl2F2O. The van der Waals surface area contributed by atoms with Gasteiger partial charge in [0.1, 0.15) is 11.6 Å². The van der Waals surface area contributed by atoms with Crippen LogP contribution in [0.5, 0.6) is 0 Å². The van der Waals surface area contributed by atoms with Gasteiger partial charge >= 0.3 is 0 Å². The third kappa shape index (κ3) is 3.62. The lowest BCUT2D eigenvalue weighted by Gasteiger charge is -2.09. The lowest BCUT2D eigenvalue weighted by atomic mass is 9.94. The quantitative estimate of drug-likeness (QED) is 0.682. The lowest BCUT2D eigenvalue weighted by Crippen LogP contribution is -2.05. The summed E-state index contributed by atoms with van der Waals surface area (Å²) in [5.41, 5.74) is 3.47. The average Bonchev–Trinajstić information content (AvgIpc) is 2.52. The van der Waals surface area contributed by atoms with Crippen LogP contribution in [-0.2, 0) is 4.79 Å². The maximum atomic E-state index is 13.0. The summed E-state index contributed by atoms with van der Waals surface area (Å²) < 4.78 is 26.0. The van der Waals surface area contributed by atoms with Gasteiger partial charge in [-0.2, -0.15) is 0 Å². The molecule has 0 saturated heterocycles. The summed E-state index contributed by atoms with van der Waals surface area (Å²) in [7, 11) is 0. The van der Waals surface area contributed by atoms with Crippen LogP contribution in [0.4, 0.5) is 8.78 Å². The van der Waals surface area contributed by atoms with E-state index in [2.05, 4.69) is 0 Å². The smallest absolute Gasteiger partial charge is 0.195 e. The minimum absolute atomic E-state index is 0.165. The molecule has 0 aromatic heterocycles. The second-order valence-corrected chi connectivity index (χ2v) is 4.82. The van der Waals surface area contributed by atoms with Gasteiger partial charge in [0.05, 0.1) is 0 Å². The van der Waals surface area contributed by atoms with Crippen LogP contribution in [0.25, 0.3) is 11.1 Å². The highest BCUT2D eigenvalue weighted by Crippen LogP contribution is 2.27. The second-order valence-electron chi connectivity index (χ2n) is 4.39. The van der Waals surface area contributed by atoms with Crippen molar-refractivity contribution in [1.29, 1.82) is 0 Å². The number of carbonyl (C=O) groups is 1. The maximum absolute atomic E-state index is 13.0. The number of halogens is 4. The molecule has 0 radical (unpaired) electrons. The molecule has 112 valence electrons. The molecule has 2 rings (SSSR count). The van der Waals surface area contributed by atoms with Gasteiger partial charge in [-0.15, -0.1) is 0 Å². The Bertz CT molecular complexity index is 669. The van der Waals surface area contributed by atoms with Gasteiger partial charge < -0.3 is 0 Å². The van der Waals surface area contributed by atoms with Crippen LogP contribution in [0.2, 0.25) is 0 Å². The minimum atomic E-state index is -0.441. The average molecular weight is 339 g/mol. The van der Waals surface area contributed by atoms with Gasteiger partial charge in [0.2, 0.25) is 0 Å². The van der Waals surface area contributed by atoms with Crippen LogP contribution in [-0.4, -0.2) is 5.78 Å². The Hall–Kier alpha value is -1.97. The summed E-state index contributed by atoms with van der Waals surface area (Å²) >= 11 is 11.5. The van der Waals surface area contributed by atoms with E-state index < -0.39 is 17.4 Å². The van der Waals surface area contributed by atoms with E-state index >= 15 is 0 Å². The Balaban J connectivity index is 2.38. The van der Waals surface area contributed by atoms with Gasteiger partial charge in [-0.05, 0) is 35.4 Å². The first-order valence-electron chi connectivity index (χ1n) is 6.24. The summed E-state index contributed by atoms with van der Waals surface area (Å²) in [6.07, 6.45) is 0. The van der Waals surface area contributed by atoms with E-state index in [1.165, 1.54) is 48.5 Å². The highest BCUT2D eigenvalue weighted by molar-refractivity contribution is 6.49. The third-order valence-electron chi connectivity index (χ3n) is 3.02. The molecule has 0 spiro atoms. The van der Waals surface area contributed by atoms with Crippen molar-refractivity contribution in [3.8, 4) is 0 Å². The Morgan fingerprint density at radius 3 is 1.32 bits per heavy atom. The predicted molar refractivity (Wildman–Crippen MR) is 85.5 cm³/mol. The molecule has 2 aromatic rings. The molecule has 0 aliphatic rings. The molecule has 22 heavy (non-hydrogen) atoms. The molecule has 0 amide bonds. The first-order valence-corrected chi connectivity index (χ1v) is 7.11. The molecule has 0 unspecified atom stereocenters. The van der Waals surface area contributed by atoms with Gasteiger partial charge in [0.25, 0.3) is 0 Å². The first kappa shape index (κ1) is 16.4. The lowest BCUT2D eigenvalue weighted by molar-refractivity contribution is -0.108. The highest BCUT2D eigenvalue weighted by Gasteiger charge is 2.18. The van der Waals surface area contributed by atoms with Crippen molar-refractivity contribution in [2.75, 3.05) is 0 Å². The zero-order chi connectivity index (χ0) is 16.1. The van der Waals surface area contributed by atoms with Crippen molar-refractivity contribution in [2.24, 2.45) is 0 Å². The standard InChI is InChI=1S/C17H10Cl2F2O/c18-9-15(11-1-5-13(20)6-2-11)17(22)16(10-19)12-3-7-14(21)8-4-12/h1-10H/b15-9-,16-10-. The molecule has 2 aromatic carbocycles. The van der Waals surface area contributed by atoms with Gasteiger partial charge in [-0.3, -0.25) is 4.79 Å². The molecule has 0 N–H and O–H groups in total. The van der Waals surface area contributed by atoms with Crippen LogP contribution >= 0.6 is 23.2 Å². The normalized spacial score (nSPS) is 12.4. The van der Waals surface area contributed by atoms with E-state index in [9.17, 15) is 13.6 Å². The van der Waals surface area contributed by atoms with Gasteiger partial charge in [-0.25, -0.2) is 8.78 Å². The number of benzene rings is 2. The largest absolute Gasteiger partial charge is 0.288 e. The highest BCUT2D eigenvalue weighted by atomic mass is 35.5. The van der Waals surface area contributed by atoms with E-state index in [1.807, 2.05) is 0 Å². The van der Waals surface area contributed by atoms with Crippen LogP contribution in [0.3, 0.4) is 0 Å². The number of allylic oxidation sites excluding steroid dienone is 2. The molecule has 1 nitrogen and oxygen atoms in total. The van der Waals surface area contributed by atoms with E-state index in [0.717, 1.165) is 11.1 Å². The Kier molecular flexibility index (Phi) is 5.47. The van der Waals surface area contributed by atoms with E-state index in [0.29, 0.717) is 11.1 Å². The maximum Gasteiger partial charge on any atom is 0.195 e. The molecule has 0 heterocycles. The van der Waals surface area contributed by atoms with Crippen molar-refractivity contribution in [2.45, 2.75) is 0 Å². The summed E-state index contributed by atoms with van der Waals surface area (Å²) in [6, 6.07) is 10.7. The number of carbonyl (C=O) groups excluding carboxylic acids is 1. The fraction of sp³-hybridized carbons (Fsp3) is 0. The van der Waals surface area contributed by atoms with Crippen LogP contribution < -0.4 is 0 Å². The van der Waals surface area contributed by atoms with Crippen molar-refractivity contribution in [3.05, 3.63) is 82.4 Å². The molecule has 0 atom stereocenters. The van der Waals surface area contributed by atoms with Crippen molar-refractivity contribution >= 4 is 40.1 Å². The summed E-state index contributed by atoms with van der Waals surface area (Å²) in [4.78, 5) is 12.6. The number of rotatable bonds is 4. The SMILES string of the molecule is O=C(/C(=C\Cl)c1ccc(F)cc1)/C(=C\Cl)c1ccc(F)cc1. The Morgan fingerprint density at radius 1 is 0.727 bits per heavy atom. The number of ketones is 1. The zero-order valence-corrected chi connectivity index (χ0v) is 12.7. The summed E-state index contributed by atoms with van der Waals surface area (Å²) in [5.74, 6) is -1.28. The van der Waals surface area contributed by atoms with E-state index in [-0.39, 0.29) is 11.1 Å². The van der Waals surface area contributed by atoms with Gasteiger partial charge in [-0.1, -0.05) is 47.5 Å². The van der Waals surface area contributed by atoms with E-state index in [4.69, 9.17) is 23.2 Å². The Labute approximate surface area is 136 Å². The van der Waals surface area contributed by atoms with Gasteiger partial charge in [0, 0.05) is 22.2 Å². The third-order valence-corrected chi connectivity index (χ3v) is 3.45. The van der Waals surface area contributed by atoms with Crippen LogP contribution in [0, 0.1) is 11.6 Å². The summed E-state index contributed by atoms with van der Waals surface area (Å²) in [5, 5.41) is 0. The number of hydrogen-bond donors (Lipinski definition) is 0. The Morgan fingerprint density at radius 2 is 1.05 bits per heavy atom. The molecule has 0 aliphatic heterocycles. The number of Topliss-reactive ketones (excluding diaryl/α,β-unsaturated/α-hetero) is 1. The second kappa shape index (κ2) is 7.34. The first-order chi connectivity index (χ1) is 10.6. The molecule has 0 aliphatic carbocycles. The number of hydrogen-bond acceptors (Lipinski definition) is 1. The van der Waals surface area contributed by atoms with Crippen molar-refractivity contribution in [3.63, 3.8) is 0 Å². The topological polar surface area (TPSA) is 17.1 Å². The minimum Gasteiger partial charge on any atom is -0.288 e. The molecule has 0 bridgehead atoms. The molecule has 0 fully saturated rings. The van der Waals surface area contributed by atoms with Gasteiger partial charge in [0.15, 0.2) is 5.78 Å². The fourth-order valence-corrected chi connectivity index (χ4v) is 2.34. The van der Waals surface area contributed by atoms with Crippen molar-refractivity contribution in [1.82, 2.24) is 0 Å². The van der Waals surface area contributed by atoms with E-state index in [1.54, 1.807) is 0 Å². The fourth-order valence-electron chi connectivity index (χ4n) is 1.89. The van der Waals surface area contributed by atoms with Crippen molar-refractivity contribution < 1.29 is 13.6 Å². The molecule has 0 saturated carbocycles. The summed E-state index contributed by atoms with van der Waals surface area (Å²) in [6.45, 7) is 0. The predicted octanol–water partition coefficient (Wildman–Crippen LogP) is 5.39. The zero-order valence-electron chi connectivity index (χ0n) is 11.2. The monoisotopic (exact) mass is 338 g/mol. The van der Waals surface area contributed by atoms with Crippen LogP contribution in [0.15, 0.2) is 59.6 Å². The molecular weight excluding hydrogens is 329 g/mol. The van der Waals surface area contributed by atoms with Crippen LogP contribution in [0.1, 0.15) is 11.1 Å².